The number of rotatable bonds is 5. The molecule has 2 amide bonds. The number of thioether (sulfide) groups is 1. The van der Waals surface area contributed by atoms with E-state index in [0.29, 0.717) is 10.9 Å². The molecule has 1 unspecified atom stereocenters. The lowest BCUT2D eigenvalue weighted by Gasteiger charge is -2.13. The van der Waals surface area contributed by atoms with Crippen molar-refractivity contribution in [2.45, 2.75) is 17.3 Å². The fraction of sp³-hybridized carbons (Fsp3) is 0.400. The molecule has 0 saturated heterocycles. The van der Waals surface area contributed by atoms with E-state index >= 15 is 0 Å². The first-order valence-electron chi connectivity index (χ1n) is 5.27. The van der Waals surface area contributed by atoms with Gasteiger partial charge in [-0.25, -0.2) is 15.2 Å². The molecule has 1 aromatic rings. The van der Waals surface area contributed by atoms with Gasteiger partial charge in [0, 0.05) is 19.4 Å². The van der Waals surface area contributed by atoms with Crippen LogP contribution < -0.4 is 11.2 Å². The lowest BCUT2D eigenvalue weighted by atomic mass is 10.3. The number of aryl methyl sites for hydroxylation is 1. The van der Waals surface area contributed by atoms with Crippen LogP contribution in [0.1, 0.15) is 6.92 Å². The first-order chi connectivity index (χ1) is 8.95. The van der Waals surface area contributed by atoms with E-state index in [-0.39, 0.29) is 0 Å². The van der Waals surface area contributed by atoms with Crippen LogP contribution in [0.3, 0.4) is 0 Å². The number of nitrogens with one attached hydrogen (secondary N) is 1. The number of ether oxygens (including phenoxy) is 1. The van der Waals surface area contributed by atoms with Crippen molar-refractivity contribution >= 4 is 29.5 Å². The number of carbonyl (C=O) groups is 2. The van der Waals surface area contributed by atoms with Gasteiger partial charge in [0.1, 0.15) is 5.25 Å². The summed E-state index contributed by atoms with van der Waals surface area (Å²) in [5.74, 6) is -0.486. The highest BCUT2D eigenvalue weighted by atomic mass is 32.2. The third-order valence-corrected chi connectivity index (χ3v) is 3.51. The van der Waals surface area contributed by atoms with Gasteiger partial charge in [-0.05, 0) is 6.92 Å². The number of amides is 2. The zero-order valence-corrected chi connectivity index (χ0v) is 11.6. The van der Waals surface area contributed by atoms with Gasteiger partial charge in [-0.3, -0.25) is 4.79 Å². The Labute approximate surface area is 114 Å². The summed E-state index contributed by atoms with van der Waals surface area (Å²) in [6.07, 6.45) is 3.37. The molecule has 104 valence electrons. The van der Waals surface area contributed by atoms with Crippen molar-refractivity contribution in [3.05, 3.63) is 12.4 Å². The molecule has 0 saturated carbocycles. The average Bonchev–Trinajstić information content (AvgIpc) is 2.77. The monoisotopic (exact) mass is 285 g/mol. The second-order valence-electron chi connectivity index (χ2n) is 3.57. The van der Waals surface area contributed by atoms with Gasteiger partial charge < -0.3 is 15.0 Å². The molecule has 0 spiro atoms. The van der Waals surface area contributed by atoms with Crippen LogP contribution in [0.4, 0.5) is 4.79 Å². The third-order valence-electron chi connectivity index (χ3n) is 2.14. The largest absolute Gasteiger partial charge is 0.468 e. The van der Waals surface area contributed by atoms with Gasteiger partial charge in [0.05, 0.1) is 12.8 Å². The number of hydrogen-bond donors (Lipinski definition) is 2. The van der Waals surface area contributed by atoms with Crippen molar-refractivity contribution < 1.29 is 14.3 Å². The number of nitrogens with zero attached hydrogens (tertiary/aromatic N) is 3. The predicted molar refractivity (Wildman–Crippen MR) is 70.7 cm³/mol. The number of aromatic nitrogens is 2. The maximum absolute atomic E-state index is 11.7. The molecule has 8 nitrogen and oxygen atoms in total. The quantitative estimate of drug-likeness (QED) is 0.345. The van der Waals surface area contributed by atoms with Crippen molar-refractivity contribution in [3.8, 4) is 0 Å². The molecule has 1 heterocycles. The molecular weight excluding hydrogens is 270 g/mol. The van der Waals surface area contributed by atoms with Gasteiger partial charge in [0.2, 0.25) is 0 Å². The minimum atomic E-state index is -0.801. The number of hydrogen-bond acceptors (Lipinski definition) is 6. The fourth-order valence-corrected chi connectivity index (χ4v) is 2.16. The van der Waals surface area contributed by atoms with Crippen molar-refractivity contribution in [2.75, 3.05) is 7.11 Å². The summed E-state index contributed by atoms with van der Waals surface area (Å²) in [6, 6.07) is -0.801. The smallest absolute Gasteiger partial charge is 0.332 e. The van der Waals surface area contributed by atoms with Crippen LogP contribution in [0.25, 0.3) is 0 Å². The molecule has 0 aliphatic carbocycles. The summed E-state index contributed by atoms with van der Waals surface area (Å²) in [4.78, 5) is 26.4. The Hall–Kier alpha value is -2.03. The molecule has 0 aliphatic rings. The highest BCUT2D eigenvalue weighted by molar-refractivity contribution is 8.01. The first-order valence-corrected chi connectivity index (χ1v) is 6.15. The predicted octanol–water partition coefficient (Wildman–Crippen LogP) is 0.0980. The Balaban J connectivity index is 2.89. The number of urea groups is 1. The lowest BCUT2D eigenvalue weighted by Crippen LogP contribution is -2.31. The molecule has 0 aliphatic heterocycles. The van der Waals surface area contributed by atoms with Crippen molar-refractivity contribution in [3.63, 3.8) is 0 Å². The van der Waals surface area contributed by atoms with E-state index in [0.717, 1.165) is 0 Å². The molecule has 0 radical (unpaired) electrons. The number of primary amides is 1. The zero-order valence-electron chi connectivity index (χ0n) is 10.8. The number of methoxy groups -OCH3 is 1. The maximum atomic E-state index is 11.7. The van der Waals surface area contributed by atoms with Gasteiger partial charge in [-0.2, -0.15) is 5.10 Å². The van der Waals surface area contributed by atoms with Crippen molar-refractivity contribution in [2.24, 2.45) is 17.9 Å². The molecular formula is C10H15N5O3S. The normalized spacial score (nSPS) is 12.9. The van der Waals surface area contributed by atoms with Crippen LogP contribution in [0, 0.1) is 0 Å². The summed E-state index contributed by atoms with van der Waals surface area (Å²) < 4.78 is 6.47. The minimum Gasteiger partial charge on any atom is -0.468 e. The van der Waals surface area contributed by atoms with Gasteiger partial charge in [-0.1, -0.05) is 11.8 Å². The van der Waals surface area contributed by atoms with E-state index in [2.05, 4.69) is 15.5 Å². The number of esters is 1. The Bertz CT molecular complexity index is 499. The highest BCUT2D eigenvalue weighted by Crippen LogP contribution is 2.23. The summed E-state index contributed by atoms with van der Waals surface area (Å²) in [5, 5.41) is 3.66. The third kappa shape index (κ3) is 4.28. The van der Waals surface area contributed by atoms with E-state index < -0.39 is 17.3 Å². The van der Waals surface area contributed by atoms with Crippen LogP contribution in [0.2, 0.25) is 0 Å². The van der Waals surface area contributed by atoms with Crippen LogP contribution >= 0.6 is 11.8 Å². The second kappa shape index (κ2) is 6.78. The van der Waals surface area contributed by atoms with Crippen LogP contribution in [0.15, 0.2) is 22.7 Å². The Morgan fingerprint density at radius 2 is 2.32 bits per heavy atom. The number of hydrazone groups is 1. The van der Waals surface area contributed by atoms with Gasteiger partial charge >= 0.3 is 12.0 Å². The summed E-state index contributed by atoms with van der Waals surface area (Å²) >= 11 is 1.17. The van der Waals surface area contributed by atoms with Crippen LogP contribution in [-0.2, 0) is 16.6 Å². The molecule has 1 atom stereocenters. The standard InChI is InChI=1S/C10H15N5O3S/c1-6(13-14-9(11)17)7(8(16)18-3)19-10-12-4-5-15(10)2/h4-5,7H,1-3H3,(H3,11,14,17)/b13-6+. The van der Waals surface area contributed by atoms with E-state index in [4.69, 9.17) is 10.5 Å². The molecule has 0 bridgehead atoms. The van der Waals surface area contributed by atoms with E-state index in [1.807, 2.05) is 0 Å². The molecule has 1 rings (SSSR count). The molecule has 9 heteroatoms. The lowest BCUT2D eigenvalue weighted by molar-refractivity contribution is -0.138. The van der Waals surface area contributed by atoms with Crippen LogP contribution in [-0.4, -0.2) is 39.6 Å². The first kappa shape index (κ1) is 15.0. The number of carbonyl (C=O) groups excluding carboxylic acids is 2. The van der Waals surface area contributed by atoms with Gasteiger partial charge in [0.15, 0.2) is 5.16 Å². The minimum absolute atomic E-state index is 0.360. The molecule has 0 fully saturated rings. The fourth-order valence-electron chi connectivity index (χ4n) is 1.18. The molecule has 0 aromatic carbocycles. The summed E-state index contributed by atoms with van der Waals surface area (Å²) in [7, 11) is 3.08. The Morgan fingerprint density at radius 3 is 2.79 bits per heavy atom. The van der Waals surface area contributed by atoms with E-state index in [1.54, 1.807) is 30.9 Å². The highest BCUT2D eigenvalue weighted by Gasteiger charge is 2.25. The van der Waals surface area contributed by atoms with E-state index in [1.165, 1.54) is 18.9 Å². The van der Waals surface area contributed by atoms with Crippen molar-refractivity contribution in [1.29, 1.82) is 0 Å². The summed E-state index contributed by atoms with van der Waals surface area (Å²) in [6.45, 7) is 1.59. The molecule has 3 N–H and O–H groups in total. The maximum Gasteiger partial charge on any atom is 0.332 e. The molecule has 1 aromatic heterocycles. The second-order valence-corrected chi connectivity index (χ2v) is 4.64. The Morgan fingerprint density at radius 1 is 1.63 bits per heavy atom. The van der Waals surface area contributed by atoms with E-state index in [9.17, 15) is 9.59 Å². The average molecular weight is 285 g/mol. The van der Waals surface area contributed by atoms with Gasteiger partial charge in [0.25, 0.3) is 0 Å². The van der Waals surface area contributed by atoms with Gasteiger partial charge in [-0.15, -0.1) is 0 Å². The van der Waals surface area contributed by atoms with Crippen LogP contribution in [0.5, 0.6) is 0 Å². The summed E-state index contributed by atoms with van der Waals surface area (Å²) in [5.41, 5.74) is 7.35. The SMILES string of the molecule is COC(=O)C(Sc1nccn1C)/C(C)=N/NC(N)=O. The van der Waals surface area contributed by atoms with Crippen molar-refractivity contribution in [1.82, 2.24) is 15.0 Å². The Kier molecular flexibility index (Phi) is 5.37. The number of imidazole rings is 1. The number of nitrogens with two attached hydrogens (primary N) is 1. The zero-order chi connectivity index (χ0) is 14.4. The molecule has 19 heavy (non-hydrogen) atoms. The topological polar surface area (TPSA) is 112 Å².